The van der Waals surface area contributed by atoms with Crippen LogP contribution in [0, 0.1) is 6.92 Å². The summed E-state index contributed by atoms with van der Waals surface area (Å²) in [4.78, 5) is 11.9. The van der Waals surface area contributed by atoms with Gasteiger partial charge in [-0.25, -0.2) is 4.79 Å². The molecule has 0 fully saturated rings. The minimum atomic E-state index is -0.403. The van der Waals surface area contributed by atoms with Crippen LogP contribution in [0.3, 0.4) is 0 Å². The minimum absolute atomic E-state index is 0.299. The number of hydrogen-bond acceptors (Lipinski definition) is 3. The predicted molar refractivity (Wildman–Crippen MR) is 74.4 cm³/mol. The van der Waals surface area contributed by atoms with Crippen molar-refractivity contribution in [2.75, 3.05) is 6.61 Å². The van der Waals surface area contributed by atoms with E-state index in [-0.39, 0.29) is 0 Å². The summed E-state index contributed by atoms with van der Waals surface area (Å²) >= 11 is 0. The average Bonchev–Trinajstić information content (AvgIpc) is 2.77. The van der Waals surface area contributed by atoms with Crippen LogP contribution in [0.4, 0.5) is 0 Å². The number of aryl methyl sites for hydroxylation is 1. The maximum absolute atomic E-state index is 11.9. The molecule has 0 radical (unpaired) electrons. The van der Waals surface area contributed by atoms with E-state index < -0.39 is 5.97 Å². The van der Waals surface area contributed by atoms with Crippen molar-refractivity contribution in [3.63, 3.8) is 0 Å². The normalized spacial score (nSPS) is 11.1. The van der Waals surface area contributed by atoms with Gasteiger partial charge in [-0.3, -0.25) is 0 Å². The summed E-state index contributed by atoms with van der Waals surface area (Å²) in [6.07, 6.45) is 0. The Bertz CT molecular complexity index is 768. The van der Waals surface area contributed by atoms with Crippen LogP contribution in [0.2, 0.25) is 0 Å². The lowest BCUT2D eigenvalue weighted by Crippen LogP contribution is -2.04. The zero-order chi connectivity index (χ0) is 13.4. The molecule has 3 aromatic rings. The monoisotopic (exact) mass is 254 g/mol. The Hall–Kier alpha value is -2.29. The largest absolute Gasteiger partial charge is 0.460 e. The lowest BCUT2D eigenvalue weighted by atomic mass is 10.0. The van der Waals surface area contributed by atoms with Gasteiger partial charge in [-0.1, -0.05) is 30.3 Å². The molecule has 0 amide bonds. The summed E-state index contributed by atoms with van der Waals surface area (Å²) in [7, 11) is 0. The van der Waals surface area contributed by atoms with Crippen LogP contribution in [0.5, 0.6) is 0 Å². The molecule has 0 N–H and O–H groups in total. The van der Waals surface area contributed by atoms with Crippen molar-refractivity contribution in [3.8, 4) is 0 Å². The maximum atomic E-state index is 11.9. The SMILES string of the molecule is CCOC(=O)c1oc2ccc3ccccc3c2c1C. The van der Waals surface area contributed by atoms with Gasteiger partial charge in [0.15, 0.2) is 0 Å². The molecule has 0 saturated heterocycles. The summed E-state index contributed by atoms with van der Waals surface area (Å²) in [6.45, 7) is 4.02. The lowest BCUT2D eigenvalue weighted by Gasteiger charge is -1.99. The highest BCUT2D eigenvalue weighted by Gasteiger charge is 2.19. The first-order valence-electron chi connectivity index (χ1n) is 6.30. The Morgan fingerprint density at radius 3 is 2.79 bits per heavy atom. The summed E-state index contributed by atoms with van der Waals surface area (Å²) < 4.78 is 10.7. The van der Waals surface area contributed by atoms with E-state index in [0.29, 0.717) is 12.4 Å². The fraction of sp³-hybridized carbons (Fsp3) is 0.188. The van der Waals surface area contributed by atoms with Gasteiger partial charge in [0, 0.05) is 10.9 Å². The first-order chi connectivity index (χ1) is 9.22. The van der Waals surface area contributed by atoms with Crippen LogP contribution in [0.1, 0.15) is 23.0 Å². The minimum Gasteiger partial charge on any atom is -0.460 e. The number of carbonyl (C=O) groups is 1. The van der Waals surface area contributed by atoms with E-state index in [0.717, 1.165) is 27.3 Å². The Balaban J connectivity index is 2.32. The van der Waals surface area contributed by atoms with E-state index in [1.807, 2.05) is 43.3 Å². The second kappa shape index (κ2) is 4.43. The van der Waals surface area contributed by atoms with Crippen molar-refractivity contribution in [2.24, 2.45) is 0 Å². The molecule has 96 valence electrons. The fourth-order valence-corrected chi connectivity index (χ4v) is 2.41. The van der Waals surface area contributed by atoms with E-state index in [9.17, 15) is 4.79 Å². The van der Waals surface area contributed by atoms with Gasteiger partial charge in [0.2, 0.25) is 5.76 Å². The van der Waals surface area contributed by atoms with Gasteiger partial charge in [0.1, 0.15) is 5.58 Å². The zero-order valence-corrected chi connectivity index (χ0v) is 10.9. The molecule has 19 heavy (non-hydrogen) atoms. The first-order valence-corrected chi connectivity index (χ1v) is 6.30. The number of carbonyl (C=O) groups excluding carboxylic acids is 1. The summed E-state index contributed by atoms with van der Waals surface area (Å²) in [6, 6.07) is 12.0. The predicted octanol–water partition coefficient (Wildman–Crippen LogP) is 4.07. The first kappa shape index (κ1) is 11.8. The second-order valence-electron chi connectivity index (χ2n) is 4.44. The zero-order valence-electron chi connectivity index (χ0n) is 10.9. The Morgan fingerprint density at radius 1 is 1.21 bits per heavy atom. The van der Waals surface area contributed by atoms with E-state index in [4.69, 9.17) is 9.15 Å². The molecule has 1 aromatic heterocycles. The molecule has 0 spiro atoms. The highest BCUT2D eigenvalue weighted by atomic mass is 16.5. The van der Waals surface area contributed by atoms with Crippen molar-refractivity contribution in [1.82, 2.24) is 0 Å². The summed E-state index contributed by atoms with van der Waals surface area (Å²) in [5, 5.41) is 3.22. The van der Waals surface area contributed by atoms with Crippen molar-refractivity contribution < 1.29 is 13.9 Å². The quantitative estimate of drug-likeness (QED) is 0.647. The molecular formula is C16H14O3. The number of benzene rings is 2. The van der Waals surface area contributed by atoms with E-state index >= 15 is 0 Å². The molecule has 0 aliphatic rings. The molecule has 3 nitrogen and oxygen atoms in total. The Morgan fingerprint density at radius 2 is 2.00 bits per heavy atom. The van der Waals surface area contributed by atoms with E-state index in [2.05, 4.69) is 0 Å². The van der Waals surface area contributed by atoms with Gasteiger partial charge in [-0.15, -0.1) is 0 Å². The van der Waals surface area contributed by atoms with E-state index in [1.165, 1.54) is 0 Å². The number of rotatable bonds is 2. The molecule has 2 aromatic carbocycles. The standard InChI is InChI=1S/C16H14O3/c1-3-18-16(17)15-10(2)14-12-7-5-4-6-11(12)8-9-13(14)19-15/h4-9H,3H2,1-2H3. The lowest BCUT2D eigenvalue weighted by molar-refractivity contribution is 0.0491. The third kappa shape index (κ3) is 1.78. The average molecular weight is 254 g/mol. The highest BCUT2D eigenvalue weighted by molar-refractivity contribution is 6.10. The van der Waals surface area contributed by atoms with Crippen molar-refractivity contribution in [3.05, 3.63) is 47.7 Å². The molecule has 3 rings (SSSR count). The number of ether oxygens (including phenoxy) is 1. The molecular weight excluding hydrogens is 240 g/mol. The van der Waals surface area contributed by atoms with Crippen molar-refractivity contribution >= 4 is 27.7 Å². The number of fused-ring (bicyclic) bond motifs is 3. The van der Waals surface area contributed by atoms with Crippen molar-refractivity contribution in [2.45, 2.75) is 13.8 Å². The van der Waals surface area contributed by atoms with Gasteiger partial charge in [-0.05, 0) is 30.7 Å². The maximum Gasteiger partial charge on any atom is 0.374 e. The number of esters is 1. The summed E-state index contributed by atoms with van der Waals surface area (Å²) in [5.74, 6) is -0.103. The van der Waals surface area contributed by atoms with Gasteiger partial charge in [0.05, 0.1) is 6.61 Å². The van der Waals surface area contributed by atoms with Crippen LogP contribution in [0.15, 0.2) is 40.8 Å². The molecule has 0 saturated carbocycles. The van der Waals surface area contributed by atoms with Gasteiger partial charge in [0.25, 0.3) is 0 Å². The Labute approximate surface area is 110 Å². The highest BCUT2D eigenvalue weighted by Crippen LogP contribution is 2.32. The fourth-order valence-electron chi connectivity index (χ4n) is 2.41. The molecule has 0 aliphatic carbocycles. The topological polar surface area (TPSA) is 39.4 Å². The van der Waals surface area contributed by atoms with Gasteiger partial charge >= 0.3 is 5.97 Å². The van der Waals surface area contributed by atoms with Crippen LogP contribution in [-0.4, -0.2) is 12.6 Å². The van der Waals surface area contributed by atoms with Gasteiger partial charge < -0.3 is 9.15 Å². The number of hydrogen-bond donors (Lipinski definition) is 0. The number of furan rings is 1. The molecule has 0 bridgehead atoms. The second-order valence-corrected chi connectivity index (χ2v) is 4.44. The molecule has 3 heteroatoms. The van der Waals surface area contributed by atoms with E-state index in [1.54, 1.807) is 6.92 Å². The van der Waals surface area contributed by atoms with Crippen molar-refractivity contribution in [1.29, 1.82) is 0 Å². The third-order valence-electron chi connectivity index (χ3n) is 3.28. The van der Waals surface area contributed by atoms with Crippen LogP contribution >= 0.6 is 0 Å². The molecule has 1 heterocycles. The molecule has 0 atom stereocenters. The third-order valence-corrected chi connectivity index (χ3v) is 3.28. The van der Waals surface area contributed by atoms with Crippen LogP contribution in [-0.2, 0) is 4.74 Å². The smallest absolute Gasteiger partial charge is 0.374 e. The summed E-state index contributed by atoms with van der Waals surface area (Å²) in [5.41, 5.74) is 1.56. The van der Waals surface area contributed by atoms with Gasteiger partial charge in [-0.2, -0.15) is 0 Å². The van der Waals surface area contributed by atoms with Crippen LogP contribution < -0.4 is 0 Å². The van der Waals surface area contributed by atoms with Crippen LogP contribution in [0.25, 0.3) is 21.7 Å². The molecule has 0 aliphatic heterocycles. The molecule has 0 unspecified atom stereocenters. The Kier molecular flexibility index (Phi) is 2.75.